The Morgan fingerprint density at radius 2 is 1.54 bits per heavy atom. The van der Waals surface area contributed by atoms with Gasteiger partial charge in [-0.05, 0) is 12.8 Å². The van der Waals surface area contributed by atoms with Crippen LogP contribution >= 0.6 is 0 Å². The summed E-state index contributed by atoms with van der Waals surface area (Å²) in [5, 5.41) is 25.7. The van der Waals surface area contributed by atoms with Crippen LogP contribution < -0.4 is 0 Å². The SMILES string of the molecule is CON1[C@H]2CCCC[C@H]2N(OC)[C@@]2(O)C(=O)c3ccccc3[C@@]12O. The number of hydrogen-bond donors (Lipinski definition) is 2. The van der Waals surface area contributed by atoms with Crippen LogP contribution in [0.15, 0.2) is 24.3 Å². The Balaban J connectivity index is 1.97. The van der Waals surface area contributed by atoms with Crippen LogP contribution in [0.2, 0.25) is 0 Å². The number of piperazine rings is 1. The number of ketones is 1. The number of carbonyl (C=O) groups excluding carboxylic acids is 1. The van der Waals surface area contributed by atoms with Crippen molar-refractivity contribution >= 4 is 5.78 Å². The largest absolute Gasteiger partial charge is 0.366 e. The van der Waals surface area contributed by atoms with Crippen LogP contribution in [0.4, 0.5) is 0 Å². The first-order valence-corrected chi connectivity index (χ1v) is 8.27. The van der Waals surface area contributed by atoms with Gasteiger partial charge in [0, 0.05) is 11.1 Å². The summed E-state index contributed by atoms with van der Waals surface area (Å²) >= 11 is 0. The molecule has 1 aromatic rings. The minimum absolute atomic E-state index is 0.187. The van der Waals surface area contributed by atoms with Crippen molar-refractivity contribution in [1.82, 2.24) is 10.1 Å². The zero-order chi connectivity index (χ0) is 17.1. The molecule has 4 rings (SSSR count). The molecule has 1 heterocycles. The van der Waals surface area contributed by atoms with E-state index in [4.69, 9.17) is 9.68 Å². The predicted molar refractivity (Wildman–Crippen MR) is 83.4 cm³/mol. The molecule has 2 fully saturated rings. The van der Waals surface area contributed by atoms with Gasteiger partial charge in [0.25, 0.3) is 5.72 Å². The minimum Gasteiger partial charge on any atom is -0.366 e. The lowest BCUT2D eigenvalue weighted by atomic mass is 9.81. The number of hydrogen-bond acceptors (Lipinski definition) is 7. The molecule has 1 saturated heterocycles. The van der Waals surface area contributed by atoms with E-state index in [0.717, 1.165) is 25.7 Å². The summed E-state index contributed by atoms with van der Waals surface area (Å²) in [6.45, 7) is 0. The second kappa shape index (κ2) is 5.32. The summed E-state index contributed by atoms with van der Waals surface area (Å²) in [7, 11) is 2.88. The lowest BCUT2D eigenvalue weighted by Crippen LogP contribution is -2.79. The number of fused-ring (bicyclic) bond motifs is 4. The average Bonchev–Trinajstić information content (AvgIpc) is 2.79. The fourth-order valence-corrected chi connectivity index (χ4v) is 4.70. The molecule has 4 atom stereocenters. The number of hydroxylamine groups is 4. The molecule has 1 aliphatic heterocycles. The molecule has 0 aromatic heterocycles. The van der Waals surface area contributed by atoms with E-state index in [9.17, 15) is 15.0 Å². The Labute approximate surface area is 140 Å². The summed E-state index contributed by atoms with van der Waals surface area (Å²) in [6.07, 6.45) is 3.49. The topological polar surface area (TPSA) is 82.5 Å². The molecule has 7 heteroatoms. The Morgan fingerprint density at radius 1 is 1.00 bits per heavy atom. The molecule has 2 N–H and O–H groups in total. The van der Waals surface area contributed by atoms with Crippen molar-refractivity contribution in [3.05, 3.63) is 35.4 Å². The van der Waals surface area contributed by atoms with Crippen LogP contribution in [0.25, 0.3) is 0 Å². The molecule has 0 spiro atoms. The Kier molecular flexibility index (Phi) is 3.58. The van der Waals surface area contributed by atoms with Gasteiger partial charge in [0.1, 0.15) is 0 Å². The quantitative estimate of drug-likeness (QED) is 0.826. The number of benzene rings is 1. The summed E-state index contributed by atoms with van der Waals surface area (Å²) in [5.41, 5.74) is -3.65. The third-order valence-electron chi connectivity index (χ3n) is 5.68. The lowest BCUT2D eigenvalue weighted by molar-refractivity contribution is -0.455. The second-order valence-electron chi connectivity index (χ2n) is 6.66. The molecule has 24 heavy (non-hydrogen) atoms. The molecule has 0 unspecified atom stereocenters. The van der Waals surface area contributed by atoms with Crippen LogP contribution in [0.5, 0.6) is 0 Å². The van der Waals surface area contributed by atoms with Crippen molar-refractivity contribution < 1.29 is 24.7 Å². The van der Waals surface area contributed by atoms with E-state index in [2.05, 4.69) is 0 Å². The number of carbonyl (C=O) groups is 1. The molecule has 0 radical (unpaired) electrons. The minimum atomic E-state index is -2.25. The number of rotatable bonds is 2. The van der Waals surface area contributed by atoms with Crippen molar-refractivity contribution in [1.29, 1.82) is 0 Å². The molecular weight excluding hydrogens is 312 g/mol. The van der Waals surface area contributed by atoms with Crippen molar-refractivity contribution in [2.75, 3.05) is 14.2 Å². The number of nitrogens with zero attached hydrogens (tertiary/aromatic N) is 2. The first-order chi connectivity index (χ1) is 11.5. The van der Waals surface area contributed by atoms with E-state index in [0.29, 0.717) is 5.56 Å². The molecule has 0 amide bonds. The van der Waals surface area contributed by atoms with Gasteiger partial charge in [0.2, 0.25) is 11.5 Å². The fourth-order valence-electron chi connectivity index (χ4n) is 4.70. The zero-order valence-electron chi connectivity index (χ0n) is 13.8. The Hall–Kier alpha value is -1.35. The van der Waals surface area contributed by atoms with E-state index in [-0.39, 0.29) is 17.6 Å². The molecule has 130 valence electrons. The smallest absolute Gasteiger partial charge is 0.255 e. The highest BCUT2D eigenvalue weighted by Crippen LogP contribution is 2.54. The van der Waals surface area contributed by atoms with Crippen LogP contribution in [0.3, 0.4) is 0 Å². The number of Topliss-reactive ketones (excluding diaryl/α,β-unsaturated/α-hetero) is 1. The van der Waals surface area contributed by atoms with Gasteiger partial charge in [-0.2, -0.15) is 0 Å². The Morgan fingerprint density at radius 3 is 2.12 bits per heavy atom. The average molecular weight is 334 g/mol. The third-order valence-corrected chi connectivity index (χ3v) is 5.68. The molecule has 1 aromatic carbocycles. The van der Waals surface area contributed by atoms with Crippen molar-refractivity contribution in [2.45, 2.75) is 49.2 Å². The Bertz CT molecular complexity index is 683. The van der Waals surface area contributed by atoms with Crippen LogP contribution in [0.1, 0.15) is 41.6 Å². The van der Waals surface area contributed by atoms with Crippen LogP contribution in [0, 0.1) is 0 Å². The fraction of sp³-hybridized carbons (Fsp3) is 0.588. The van der Waals surface area contributed by atoms with Gasteiger partial charge in [-0.3, -0.25) is 14.5 Å². The van der Waals surface area contributed by atoms with Crippen molar-refractivity contribution in [2.24, 2.45) is 0 Å². The molecule has 2 aliphatic carbocycles. The summed E-state index contributed by atoms with van der Waals surface area (Å²) < 4.78 is 0. The van der Waals surface area contributed by atoms with Gasteiger partial charge in [-0.15, -0.1) is 10.1 Å². The lowest BCUT2D eigenvalue weighted by Gasteiger charge is -2.59. The predicted octanol–water partition coefficient (Wildman–Crippen LogP) is 0.768. The third kappa shape index (κ3) is 1.64. The van der Waals surface area contributed by atoms with E-state index in [1.807, 2.05) is 0 Å². The molecule has 1 saturated carbocycles. The maximum Gasteiger partial charge on any atom is 0.255 e. The summed E-state index contributed by atoms with van der Waals surface area (Å²) in [4.78, 5) is 24.0. The van der Waals surface area contributed by atoms with E-state index < -0.39 is 17.2 Å². The summed E-state index contributed by atoms with van der Waals surface area (Å²) in [6, 6.07) is 6.27. The van der Waals surface area contributed by atoms with Crippen LogP contribution in [-0.2, 0) is 15.4 Å². The van der Waals surface area contributed by atoms with Crippen molar-refractivity contribution in [3.63, 3.8) is 0 Å². The molecule has 0 bridgehead atoms. The van der Waals surface area contributed by atoms with Gasteiger partial charge in [0.15, 0.2) is 0 Å². The van der Waals surface area contributed by atoms with Crippen LogP contribution in [-0.4, -0.2) is 58.2 Å². The van der Waals surface area contributed by atoms with Gasteiger partial charge in [-0.1, -0.05) is 37.1 Å². The van der Waals surface area contributed by atoms with Crippen molar-refractivity contribution in [3.8, 4) is 0 Å². The molecular formula is C17H22N2O5. The maximum absolute atomic E-state index is 13.0. The van der Waals surface area contributed by atoms with Gasteiger partial charge >= 0.3 is 0 Å². The van der Waals surface area contributed by atoms with Gasteiger partial charge in [0.05, 0.1) is 26.3 Å². The highest BCUT2D eigenvalue weighted by atomic mass is 16.7. The molecule has 3 aliphatic rings. The number of aliphatic hydroxyl groups is 2. The van der Waals surface area contributed by atoms with E-state index >= 15 is 0 Å². The highest BCUT2D eigenvalue weighted by Gasteiger charge is 2.75. The first kappa shape index (κ1) is 16.1. The van der Waals surface area contributed by atoms with Gasteiger partial charge < -0.3 is 10.2 Å². The normalized spacial score (nSPS) is 39.4. The highest BCUT2D eigenvalue weighted by molar-refractivity contribution is 6.08. The standard InChI is InChI=1S/C17H22N2O5/c1-23-18-13-9-5-6-10-14(13)19(24-2)17(22)15(20)11-7-3-4-8-12(11)16(17,18)21/h3-4,7-8,13-14,21-22H,5-6,9-10H2,1-2H3/t13-,14+,16-,17+/m0/s1. The second-order valence-corrected chi connectivity index (χ2v) is 6.66. The van der Waals surface area contributed by atoms with E-state index in [1.165, 1.54) is 24.3 Å². The first-order valence-electron chi connectivity index (χ1n) is 8.27. The monoisotopic (exact) mass is 334 g/mol. The zero-order valence-corrected chi connectivity index (χ0v) is 13.8. The molecule has 7 nitrogen and oxygen atoms in total. The maximum atomic E-state index is 13.0. The van der Waals surface area contributed by atoms with E-state index in [1.54, 1.807) is 24.3 Å². The summed E-state index contributed by atoms with van der Waals surface area (Å²) in [5.74, 6) is -0.575. The van der Waals surface area contributed by atoms with Gasteiger partial charge in [-0.25, -0.2) is 0 Å².